The van der Waals surface area contributed by atoms with E-state index in [4.69, 9.17) is 0 Å². The Morgan fingerprint density at radius 2 is 2.11 bits per heavy atom. The molecule has 0 aliphatic carbocycles. The van der Waals surface area contributed by atoms with Crippen LogP contribution in [0.15, 0.2) is 47.1 Å². The largest absolute Gasteiger partial charge is 0.324 e. The van der Waals surface area contributed by atoms with E-state index in [1.807, 2.05) is 24.3 Å². The van der Waals surface area contributed by atoms with E-state index >= 15 is 0 Å². The normalized spacial score (nSPS) is 10.1. The highest BCUT2D eigenvalue weighted by Crippen LogP contribution is 2.30. The van der Waals surface area contributed by atoms with E-state index in [9.17, 15) is 10.1 Å². The van der Waals surface area contributed by atoms with Gasteiger partial charge >= 0.3 is 5.69 Å². The Kier molecular flexibility index (Phi) is 3.57. The van der Waals surface area contributed by atoms with Crippen molar-refractivity contribution in [3.63, 3.8) is 0 Å². The number of nitro groups is 1. The fraction of sp³-hybridized carbons (Fsp3) is 0.0833. The first-order valence-corrected chi connectivity index (χ1v) is 5.97. The van der Waals surface area contributed by atoms with Crippen molar-refractivity contribution in [2.24, 2.45) is 0 Å². The standard InChI is InChI=1S/C12H10BrN3O2/c1-15(10-5-2-4-9(13)8-10)12-11(16(17)18)6-3-7-14-12/h2-8H,1H3. The third-order valence-electron chi connectivity index (χ3n) is 2.48. The molecule has 92 valence electrons. The van der Waals surface area contributed by atoms with Gasteiger partial charge in [0.25, 0.3) is 0 Å². The monoisotopic (exact) mass is 307 g/mol. The zero-order chi connectivity index (χ0) is 13.1. The Morgan fingerprint density at radius 1 is 1.33 bits per heavy atom. The summed E-state index contributed by atoms with van der Waals surface area (Å²) < 4.78 is 0.908. The maximum Gasteiger partial charge on any atom is 0.311 e. The zero-order valence-corrected chi connectivity index (χ0v) is 11.2. The topological polar surface area (TPSA) is 59.3 Å². The lowest BCUT2D eigenvalue weighted by molar-refractivity contribution is -0.384. The average molecular weight is 308 g/mol. The van der Waals surface area contributed by atoms with Crippen LogP contribution in [0.5, 0.6) is 0 Å². The van der Waals surface area contributed by atoms with E-state index in [0.717, 1.165) is 10.2 Å². The van der Waals surface area contributed by atoms with E-state index in [-0.39, 0.29) is 5.69 Å². The van der Waals surface area contributed by atoms with Crippen molar-refractivity contribution in [2.75, 3.05) is 11.9 Å². The minimum Gasteiger partial charge on any atom is -0.324 e. The summed E-state index contributed by atoms with van der Waals surface area (Å²) in [6, 6.07) is 10.5. The van der Waals surface area contributed by atoms with Crippen LogP contribution in [0.1, 0.15) is 0 Å². The van der Waals surface area contributed by atoms with Gasteiger partial charge in [0, 0.05) is 29.5 Å². The van der Waals surface area contributed by atoms with E-state index in [0.29, 0.717) is 5.82 Å². The molecule has 0 amide bonds. The van der Waals surface area contributed by atoms with Gasteiger partial charge in [0.2, 0.25) is 5.82 Å². The molecule has 0 spiro atoms. The molecule has 0 saturated heterocycles. The van der Waals surface area contributed by atoms with Crippen molar-refractivity contribution < 1.29 is 4.92 Å². The van der Waals surface area contributed by atoms with Gasteiger partial charge in [0.1, 0.15) is 0 Å². The molecule has 0 atom stereocenters. The Bertz CT molecular complexity index is 589. The maximum atomic E-state index is 11.0. The predicted molar refractivity (Wildman–Crippen MR) is 73.1 cm³/mol. The van der Waals surface area contributed by atoms with Gasteiger partial charge < -0.3 is 4.90 Å². The minimum atomic E-state index is -0.434. The Morgan fingerprint density at radius 3 is 2.78 bits per heavy atom. The van der Waals surface area contributed by atoms with Gasteiger partial charge in [0.05, 0.1) is 4.92 Å². The highest BCUT2D eigenvalue weighted by molar-refractivity contribution is 9.10. The third kappa shape index (κ3) is 2.48. The molecule has 2 aromatic rings. The molecule has 1 aromatic carbocycles. The van der Waals surface area contributed by atoms with Crippen molar-refractivity contribution >= 4 is 33.1 Å². The molecule has 18 heavy (non-hydrogen) atoms. The summed E-state index contributed by atoms with van der Waals surface area (Å²) >= 11 is 3.37. The molecule has 0 bridgehead atoms. The second-order valence-electron chi connectivity index (χ2n) is 3.64. The fourth-order valence-electron chi connectivity index (χ4n) is 1.60. The van der Waals surface area contributed by atoms with Crippen LogP contribution in [0.2, 0.25) is 0 Å². The molecular formula is C12H10BrN3O2. The average Bonchev–Trinajstić information content (AvgIpc) is 2.38. The summed E-state index contributed by atoms with van der Waals surface area (Å²) in [4.78, 5) is 16.3. The second-order valence-corrected chi connectivity index (χ2v) is 4.56. The fourth-order valence-corrected chi connectivity index (χ4v) is 1.98. The molecule has 0 fully saturated rings. The molecule has 0 radical (unpaired) electrons. The number of pyridine rings is 1. The number of anilines is 2. The molecule has 1 heterocycles. The second kappa shape index (κ2) is 5.14. The molecule has 0 aliphatic rings. The Hall–Kier alpha value is -1.95. The Balaban J connectivity index is 2.46. The maximum absolute atomic E-state index is 11.0. The van der Waals surface area contributed by atoms with Crippen molar-refractivity contribution in [2.45, 2.75) is 0 Å². The van der Waals surface area contributed by atoms with E-state index in [1.165, 1.54) is 12.3 Å². The molecular weight excluding hydrogens is 298 g/mol. The summed E-state index contributed by atoms with van der Waals surface area (Å²) in [6.07, 6.45) is 1.54. The van der Waals surface area contributed by atoms with E-state index in [2.05, 4.69) is 20.9 Å². The van der Waals surface area contributed by atoms with Crippen LogP contribution in [0.3, 0.4) is 0 Å². The van der Waals surface area contributed by atoms with E-state index < -0.39 is 4.92 Å². The van der Waals surface area contributed by atoms with Gasteiger partial charge in [-0.3, -0.25) is 10.1 Å². The molecule has 6 heteroatoms. The first-order valence-electron chi connectivity index (χ1n) is 5.18. The summed E-state index contributed by atoms with van der Waals surface area (Å²) in [6.45, 7) is 0. The van der Waals surface area contributed by atoms with E-state index in [1.54, 1.807) is 18.0 Å². The molecule has 0 N–H and O–H groups in total. The van der Waals surface area contributed by atoms with Gasteiger partial charge in [-0.2, -0.15) is 0 Å². The summed E-state index contributed by atoms with van der Waals surface area (Å²) in [5, 5.41) is 11.0. The van der Waals surface area contributed by atoms with Gasteiger partial charge in [-0.15, -0.1) is 0 Å². The van der Waals surface area contributed by atoms with Crippen LogP contribution in [-0.2, 0) is 0 Å². The van der Waals surface area contributed by atoms with Crippen LogP contribution >= 0.6 is 15.9 Å². The number of rotatable bonds is 3. The number of benzene rings is 1. The minimum absolute atomic E-state index is 0.0139. The van der Waals surface area contributed by atoms with Crippen molar-refractivity contribution in [3.05, 3.63) is 57.2 Å². The van der Waals surface area contributed by atoms with Crippen molar-refractivity contribution in [1.82, 2.24) is 4.98 Å². The highest BCUT2D eigenvalue weighted by atomic mass is 79.9. The lowest BCUT2D eigenvalue weighted by Crippen LogP contribution is -2.13. The number of halogens is 1. The van der Waals surface area contributed by atoms with Crippen LogP contribution < -0.4 is 4.90 Å². The zero-order valence-electron chi connectivity index (χ0n) is 9.58. The molecule has 0 saturated carbocycles. The lowest BCUT2D eigenvalue weighted by Gasteiger charge is -2.18. The first-order chi connectivity index (χ1) is 8.59. The number of hydrogen-bond acceptors (Lipinski definition) is 4. The van der Waals surface area contributed by atoms with Gasteiger partial charge in [-0.25, -0.2) is 4.98 Å². The molecule has 2 rings (SSSR count). The molecule has 1 aromatic heterocycles. The molecule has 0 aliphatic heterocycles. The SMILES string of the molecule is CN(c1cccc(Br)c1)c1ncccc1[N+](=O)[O-]. The quantitative estimate of drug-likeness (QED) is 0.643. The molecule has 5 nitrogen and oxygen atoms in total. The van der Waals surface area contributed by atoms with Crippen LogP contribution in [-0.4, -0.2) is 17.0 Å². The van der Waals surface area contributed by atoms with Crippen LogP contribution in [0.25, 0.3) is 0 Å². The summed E-state index contributed by atoms with van der Waals surface area (Å²) in [7, 11) is 1.75. The Labute approximate surface area is 112 Å². The van der Waals surface area contributed by atoms with Crippen LogP contribution in [0.4, 0.5) is 17.2 Å². The number of nitrogens with zero attached hydrogens (tertiary/aromatic N) is 3. The van der Waals surface area contributed by atoms with Gasteiger partial charge in [0.15, 0.2) is 0 Å². The highest BCUT2D eigenvalue weighted by Gasteiger charge is 2.18. The summed E-state index contributed by atoms with van der Waals surface area (Å²) in [5.74, 6) is 0.320. The van der Waals surface area contributed by atoms with Crippen molar-refractivity contribution in [3.8, 4) is 0 Å². The van der Waals surface area contributed by atoms with Gasteiger partial charge in [-0.1, -0.05) is 22.0 Å². The lowest BCUT2D eigenvalue weighted by atomic mass is 10.3. The predicted octanol–water partition coefficient (Wildman–Crippen LogP) is 3.52. The first kappa shape index (κ1) is 12.5. The number of hydrogen-bond donors (Lipinski definition) is 0. The smallest absolute Gasteiger partial charge is 0.311 e. The van der Waals surface area contributed by atoms with Gasteiger partial charge in [-0.05, 0) is 24.3 Å². The van der Waals surface area contributed by atoms with Crippen LogP contribution in [0, 0.1) is 10.1 Å². The molecule has 0 unspecified atom stereocenters. The number of aromatic nitrogens is 1. The third-order valence-corrected chi connectivity index (χ3v) is 2.97. The van der Waals surface area contributed by atoms with Crippen molar-refractivity contribution in [1.29, 1.82) is 0 Å². The summed E-state index contributed by atoms with van der Waals surface area (Å²) in [5.41, 5.74) is 0.811.